The summed E-state index contributed by atoms with van der Waals surface area (Å²) in [6.45, 7) is 0. The van der Waals surface area contributed by atoms with Gasteiger partial charge in [0.25, 0.3) is 0 Å². The Hall–Kier alpha value is 0.730. The first-order valence-electron chi connectivity index (χ1n) is 1.20. The quantitative estimate of drug-likeness (QED) is 0.522. The summed E-state index contributed by atoms with van der Waals surface area (Å²) in [4.78, 5) is 0. The topological polar surface area (TPSA) is 71.4 Å². The molecule has 0 saturated heterocycles. The number of hydrogen-bond donors (Lipinski definition) is 0. The predicted octanol–water partition coefficient (Wildman–Crippen LogP) is -0.333. The van der Waals surface area contributed by atoms with Crippen molar-refractivity contribution < 1.29 is 16.0 Å². The van der Waals surface area contributed by atoms with Crippen molar-refractivity contribution in [2.45, 2.75) is 0 Å². The Morgan fingerprint density at radius 2 is 1.12 bits per heavy atom. The van der Waals surface area contributed by atoms with E-state index in [1.54, 1.807) is 14.0 Å². The summed E-state index contributed by atoms with van der Waals surface area (Å²) in [5.41, 5.74) is 0. The zero-order valence-electron chi connectivity index (χ0n) is 4.20. The summed E-state index contributed by atoms with van der Waals surface area (Å²) >= 11 is -2.29. The second-order valence-corrected chi connectivity index (χ2v) is 2.97. The van der Waals surface area contributed by atoms with Gasteiger partial charge < -0.3 is 0 Å². The molecule has 0 aliphatic rings. The van der Waals surface area contributed by atoms with Gasteiger partial charge in [-0.25, -0.2) is 0 Å². The molecular formula is C3KN3Ru. The van der Waals surface area contributed by atoms with Gasteiger partial charge in [0.15, 0.2) is 0 Å². The maximum absolute atomic E-state index is 7.89. The number of nitrogens with zero attached hydrogens (tertiary/aromatic N) is 3. The minimum atomic E-state index is -2.29. The predicted molar refractivity (Wildman–Crippen MR) is 22.6 cm³/mol. The minimum absolute atomic E-state index is 0. The third kappa shape index (κ3) is 4.88. The van der Waals surface area contributed by atoms with Gasteiger partial charge in [-0.1, -0.05) is 0 Å². The molecule has 0 aromatic carbocycles. The van der Waals surface area contributed by atoms with E-state index in [-0.39, 0.29) is 51.4 Å². The third-order valence-corrected chi connectivity index (χ3v) is 1.40. The van der Waals surface area contributed by atoms with Crippen LogP contribution >= 0.6 is 0 Å². The second kappa shape index (κ2) is 7.73. The van der Waals surface area contributed by atoms with Crippen molar-refractivity contribution in [3.05, 3.63) is 0 Å². The van der Waals surface area contributed by atoms with Gasteiger partial charge >= 0.3 is 45.7 Å². The standard InChI is InChI=1S/3CN.K.Ru/c3*1-2;;. The fourth-order valence-electron chi connectivity index (χ4n) is 0.0530. The van der Waals surface area contributed by atoms with E-state index in [1.807, 2.05) is 0 Å². The first-order chi connectivity index (χ1) is 3.35. The molecule has 0 aromatic rings. The van der Waals surface area contributed by atoms with Crippen LogP contribution in [0.5, 0.6) is 0 Å². The molecule has 36 valence electrons. The van der Waals surface area contributed by atoms with Crippen molar-refractivity contribution in [3.63, 3.8) is 0 Å². The van der Waals surface area contributed by atoms with Crippen LogP contribution in [0.15, 0.2) is 0 Å². The first-order valence-corrected chi connectivity index (χ1v) is 3.81. The average molecular weight is 218 g/mol. The molecule has 5 heteroatoms. The van der Waals surface area contributed by atoms with Crippen LogP contribution in [-0.2, 0) is 16.0 Å². The smallest absolute Gasteiger partial charge is 0 e. The van der Waals surface area contributed by atoms with Crippen LogP contribution in [0.2, 0.25) is 0 Å². The maximum atomic E-state index is 7.89. The zero-order valence-corrected chi connectivity index (χ0v) is 9.06. The zero-order chi connectivity index (χ0) is 5.70. The van der Waals surface area contributed by atoms with Crippen molar-refractivity contribution in [1.82, 2.24) is 0 Å². The van der Waals surface area contributed by atoms with Gasteiger partial charge in [0.2, 0.25) is 0 Å². The normalized spacial score (nSPS) is 6.38. The van der Waals surface area contributed by atoms with Crippen LogP contribution in [0.3, 0.4) is 0 Å². The molecule has 0 atom stereocenters. The Morgan fingerprint density at radius 3 is 1.12 bits per heavy atom. The van der Waals surface area contributed by atoms with Crippen LogP contribution in [-0.4, -0.2) is 51.4 Å². The minimum Gasteiger partial charge on any atom is 0 e. The number of hydrogen-bond acceptors (Lipinski definition) is 3. The Bertz CT molecular complexity index is 137. The van der Waals surface area contributed by atoms with E-state index in [1.165, 1.54) is 0 Å². The molecular weight excluding hydrogens is 218 g/mol. The van der Waals surface area contributed by atoms with Gasteiger partial charge in [-0.2, -0.15) is 0 Å². The molecule has 0 aromatic heterocycles. The molecule has 0 heterocycles. The average Bonchev–Trinajstić information content (AvgIpc) is 1.72. The molecule has 0 amide bonds. The SMILES string of the molecule is N#[C][Ru]([C]#N)[C]#N.[K]. The summed E-state index contributed by atoms with van der Waals surface area (Å²) in [5.74, 6) is 0. The summed E-state index contributed by atoms with van der Waals surface area (Å²) in [6, 6.07) is 0. The molecule has 8 heavy (non-hydrogen) atoms. The molecule has 0 saturated carbocycles. The first kappa shape index (κ1) is 11.5. The van der Waals surface area contributed by atoms with Crippen LogP contribution < -0.4 is 0 Å². The maximum Gasteiger partial charge on any atom is 0 e. The van der Waals surface area contributed by atoms with Crippen LogP contribution in [0.1, 0.15) is 0 Å². The summed E-state index contributed by atoms with van der Waals surface area (Å²) in [6.07, 6.45) is 0. The molecule has 0 bridgehead atoms. The van der Waals surface area contributed by atoms with Crippen molar-refractivity contribution in [3.8, 4) is 14.0 Å². The van der Waals surface area contributed by atoms with E-state index >= 15 is 0 Å². The molecule has 0 aliphatic heterocycles. The summed E-state index contributed by atoms with van der Waals surface area (Å²) in [7, 11) is 0. The van der Waals surface area contributed by atoms with E-state index < -0.39 is 16.0 Å². The van der Waals surface area contributed by atoms with Crippen LogP contribution in [0.25, 0.3) is 0 Å². The van der Waals surface area contributed by atoms with Crippen molar-refractivity contribution in [2.75, 3.05) is 0 Å². The number of rotatable bonds is 0. The molecule has 0 rings (SSSR count). The van der Waals surface area contributed by atoms with Crippen LogP contribution in [0.4, 0.5) is 0 Å². The van der Waals surface area contributed by atoms with E-state index in [9.17, 15) is 0 Å². The molecule has 3 nitrogen and oxygen atoms in total. The van der Waals surface area contributed by atoms with E-state index in [0.29, 0.717) is 0 Å². The van der Waals surface area contributed by atoms with Crippen molar-refractivity contribution in [1.29, 1.82) is 15.8 Å². The third-order valence-electron chi connectivity index (χ3n) is 0.237. The molecule has 1 radical (unpaired) electrons. The Kier molecular flexibility index (Phi) is 11.1. The van der Waals surface area contributed by atoms with Crippen molar-refractivity contribution in [2.24, 2.45) is 0 Å². The molecule has 0 spiro atoms. The van der Waals surface area contributed by atoms with E-state index in [4.69, 9.17) is 15.8 Å². The largest absolute Gasteiger partial charge is 0 e. The van der Waals surface area contributed by atoms with Crippen molar-refractivity contribution >= 4 is 51.4 Å². The monoisotopic (exact) mass is 219 g/mol. The van der Waals surface area contributed by atoms with Gasteiger partial charge in [-0.05, 0) is 0 Å². The molecule has 0 aliphatic carbocycles. The second-order valence-electron chi connectivity index (χ2n) is 0.502. The Balaban J connectivity index is 0. The Labute approximate surface area is 95.2 Å². The van der Waals surface area contributed by atoms with Gasteiger partial charge in [0.05, 0.1) is 0 Å². The summed E-state index contributed by atoms with van der Waals surface area (Å²) in [5, 5.41) is 23.7. The molecule has 0 fully saturated rings. The molecule has 0 N–H and O–H groups in total. The van der Waals surface area contributed by atoms with Gasteiger partial charge in [0.1, 0.15) is 0 Å². The van der Waals surface area contributed by atoms with Gasteiger partial charge in [-0.3, -0.25) is 0 Å². The van der Waals surface area contributed by atoms with Crippen LogP contribution in [0, 0.1) is 29.8 Å². The van der Waals surface area contributed by atoms with Gasteiger partial charge in [-0.15, -0.1) is 0 Å². The number of nitriles is 3. The van der Waals surface area contributed by atoms with E-state index in [0.717, 1.165) is 0 Å². The fourth-order valence-corrected chi connectivity index (χ4v) is 0.314. The van der Waals surface area contributed by atoms with E-state index in [2.05, 4.69) is 0 Å². The fraction of sp³-hybridized carbons (Fsp3) is 0. The molecule has 0 unspecified atom stereocenters. The van der Waals surface area contributed by atoms with Gasteiger partial charge in [0, 0.05) is 51.4 Å². The summed E-state index contributed by atoms with van der Waals surface area (Å²) < 4.78 is 4.87. The Morgan fingerprint density at radius 1 is 0.875 bits per heavy atom.